The molecule has 11 heavy (non-hydrogen) atoms. The molecule has 0 spiro atoms. The van der Waals surface area contributed by atoms with Crippen LogP contribution in [0.5, 0.6) is 0 Å². The van der Waals surface area contributed by atoms with Gasteiger partial charge in [-0.1, -0.05) is 50.4 Å². The van der Waals surface area contributed by atoms with Crippen molar-refractivity contribution in [2.45, 2.75) is 0 Å². The van der Waals surface area contributed by atoms with Crippen molar-refractivity contribution in [1.29, 1.82) is 0 Å². The fraction of sp³-hybridized carbons (Fsp3) is 0.111. The van der Waals surface area contributed by atoms with E-state index in [2.05, 4.69) is 50.4 Å². The summed E-state index contributed by atoms with van der Waals surface area (Å²) >= 11 is 5.60. The molecule has 0 aromatic heterocycles. The topological polar surface area (TPSA) is 0 Å². The third-order valence-electron chi connectivity index (χ3n) is 1.14. The molecule has 0 aliphatic rings. The molecule has 1 rings (SSSR count). The Kier molecular flexibility index (Phi) is 3.95. The minimum absolute atomic E-state index is 0.883. The maximum absolute atomic E-state index is 3.36. The summed E-state index contributed by atoms with van der Waals surface area (Å²) in [6.07, 6.45) is 0. The Morgan fingerprint density at radius 1 is 1.27 bits per heavy atom. The van der Waals surface area contributed by atoms with E-state index in [1.807, 2.05) is 24.3 Å². The highest BCUT2D eigenvalue weighted by atomic mass is 127. The van der Waals surface area contributed by atoms with Crippen molar-refractivity contribution in [2.75, 3.05) is 4.43 Å². The van der Waals surface area contributed by atoms with Crippen molar-refractivity contribution in [2.24, 2.45) is 0 Å². The molecule has 0 atom stereocenters. The van der Waals surface area contributed by atoms with Crippen LogP contribution in [0.15, 0.2) is 28.7 Å². The van der Waals surface area contributed by atoms with Gasteiger partial charge < -0.3 is 0 Å². The summed E-state index contributed by atoms with van der Waals surface area (Å²) in [5.41, 5.74) is 1.07. The van der Waals surface area contributed by atoms with Crippen LogP contribution in [0.25, 0.3) is 0 Å². The van der Waals surface area contributed by atoms with Crippen LogP contribution in [-0.4, -0.2) is 4.43 Å². The van der Waals surface area contributed by atoms with E-state index in [9.17, 15) is 0 Å². The van der Waals surface area contributed by atoms with Crippen molar-refractivity contribution in [1.82, 2.24) is 0 Å². The maximum Gasteiger partial charge on any atom is 0.0613 e. The van der Waals surface area contributed by atoms with E-state index < -0.39 is 0 Å². The van der Waals surface area contributed by atoms with Crippen LogP contribution in [0, 0.1) is 11.8 Å². The predicted octanol–water partition coefficient (Wildman–Crippen LogP) is 3.24. The fourth-order valence-corrected chi connectivity index (χ4v) is 1.12. The van der Waals surface area contributed by atoms with E-state index in [0.29, 0.717) is 0 Å². The van der Waals surface area contributed by atoms with Crippen molar-refractivity contribution < 1.29 is 0 Å². The Bertz CT molecular complexity index is 279. The van der Waals surface area contributed by atoms with Gasteiger partial charge in [0.2, 0.25) is 0 Å². The minimum Gasteiger partial charge on any atom is -0.0872 e. The molecule has 0 heterocycles. The van der Waals surface area contributed by atoms with E-state index in [1.54, 1.807) is 0 Å². The summed E-state index contributed by atoms with van der Waals surface area (Å²) in [4.78, 5) is 0. The molecule has 0 saturated heterocycles. The first-order chi connectivity index (χ1) is 5.33. The molecule has 1 aromatic carbocycles. The zero-order valence-corrected chi connectivity index (χ0v) is 9.52. The average molecular weight is 321 g/mol. The number of hydrogen-bond donors (Lipinski definition) is 0. The Labute approximate surface area is 88.7 Å². The summed E-state index contributed by atoms with van der Waals surface area (Å²) in [5.74, 6) is 6.05. The van der Waals surface area contributed by atoms with Gasteiger partial charge in [0, 0.05) is 10.0 Å². The second-order valence-corrected chi connectivity index (χ2v) is 3.62. The van der Waals surface area contributed by atoms with Gasteiger partial charge in [0.15, 0.2) is 0 Å². The zero-order chi connectivity index (χ0) is 8.10. The van der Waals surface area contributed by atoms with Gasteiger partial charge in [-0.2, -0.15) is 0 Å². The van der Waals surface area contributed by atoms with Gasteiger partial charge in [0.25, 0.3) is 0 Å². The lowest BCUT2D eigenvalue weighted by Gasteiger charge is -1.89. The quantitative estimate of drug-likeness (QED) is 0.391. The summed E-state index contributed by atoms with van der Waals surface area (Å²) in [7, 11) is 0. The molecule has 0 fully saturated rings. The number of benzene rings is 1. The molecule has 1 aromatic rings. The first kappa shape index (κ1) is 9.08. The Morgan fingerprint density at radius 3 is 2.45 bits per heavy atom. The average Bonchev–Trinajstić information content (AvgIpc) is 2.04. The highest BCUT2D eigenvalue weighted by molar-refractivity contribution is 14.1. The summed E-state index contributed by atoms with van der Waals surface area (Å²) in [6, 6.07) is 8.00. The molecule has 0 radical (unpaired) electrons. The van der Waals surface area contributed by atoms with Crippen LogP contribution in [0.2, 0.25) is 0 Å². The first-order valence-electron chi connectivity index (χ1n) is 3.13. The van der Waals surface area contributed by atoms with E-state index in [4.69, 9.17) is 0 Å². The first-order valence-corrected chi connectivity index (χ1v) is 5.45. The molecule has 0 saturated carbocycles. The van der Waals surface area contributed by atoms with E-state index in [0.717, 1.165) is 14.5 Å². The number of alkyl halides is 1. The van der Waals surface area contributed by atoms with Crippen molar-refractivity contribution in [3.63, 3.8) is 0 Å². The lowest BCUT2D eigenvalue weighted by Crippen LogP contribution is -1.72. The van der Waals surface area contributed by atoms with Gasteiger partial charge in [-0.25, -0.2) is 0 Å². The third kappa shape index (κ3) is 3.26. The highest BCUT2D eigenvalue weighted by Crippen LogP contribution is 2.09. The number of halogens is 2. The van der Waals surface area contributed by atoms with E-state index in [-0.39, 0.29) is 0 Å². The molecule has 2 heteroatoms. The summed E-state index contributed by atoms with van der Waals surface area (Å²) < 4.78 is 1.98. The standard InChI is InChI=1S/C9H6BrI/c10-9-5-3-8(4-6-9)2-1-7-11/h3-6H,7H2. The SMILES string of the molecule is Brc1ccc(C#CCI)cc1. The number of hydrogen-bond acceptors (Lipinski definition) is 0. The van der Waals surface area contributed by atoms with Gasteiger partial charge in [-0.05, 0) is 24.3 Å². The summed E-state index contributed by atoms with van der Waals surface area (Å²) in [6.45, 7) is 0. The molecule has 0 bridgehead atoms. The molecule has 0 nitrogen and oxygen atoms in total. The van der Waals surface area contributed by atoms with Crippen molar-refractivity contribution in [3.8, 4) is 11.8 Å². The third-order valence-corrected chi connectivity index (χ3v) is 2.05. The molecule has 0 N–H and O–H groups in total. The molecule has 0 aliphatic heterocycles. The second-order valence-electron chi connectivity index (χ2n) is 1.94. The fourth-order valence-electron chi connectivity index (χ4n) is 0.669. The molecular weight excluding hydrogens is 315 g/mol. The molecule has 0 aliphatic carbocycles. The Morgan fingerprint density at radius 2 is 1.91 bits per heavy atom. The summed E-state index contributed by atoms with van der Waals surface area (Å²) in [5, 5.41) is 0. The van der Waals surface area contributed by atoms with E-state index in [1.165, 1.54) is 0 Å². The van der Waals surface area contributed by atoms with Crippen LogP contribution >= 0.6 is 38.5 Å². The zero-order valence-electron chi connectivity index (χ0n) is 5.77. The van der Waals surface area contributed by atoms with Crippen molar-refractivity contribution in [3.05, 3.63) is 34.3 Å². The lowest BCUT2D eigenvalue weighted by atomic mass is 10.2. The molecule has 0 unspecified atom stereocenters. The monoisotopic (exact) mass is 320 g/mol. The van der Waals surface area contributed by atoms with Gasteiger partial charge in [-0.15, -0.1) is 0 Å². The normalized spacial score (nSPS) is 8.55. The van der Waals surface area contributed by atoms with Gasteiger partial charge in [-0.3, -0.25) is 0 Å². The van der Waals surface area contributed by atoms with Crippen LogP contribution < -0.4 is 0 Å². The van der Waals surface area contributed by atoms with Crippen LogP contribution in [0.4, 0.5) is 0 Å². The maximum atomic E-state index is 3.36. The van der Waals surface area contributed by atoms with Crippen LogP contribution in [0.3, 0.4) is 0 Å². The molecule has 0 amide bonds. The largest absolute Gasteiger partial charge is 0.0872 e. The predicted molar refractivity (Wildman–Crippen MR) is 59.9 cm³/mol. The lowest BCUT2D eigenvalue weighted by molar-refractivity contribution is 1.60. The Hall–Kier alpha value is -0.0100. The molecular formula is C9H6BrI. The van der Waals surface area contributed by atoms with E-state index >= 15 is 0 Å². The molecule has 56 valence electrons. The second kappa shape index (κ2) is 4.78. The van der Waals surface area contributed by atoms with Gasteiger partial charge in [0.05, 0.1) is 4.43 Å². The smallest absolute Gasteiger partial charge is 0.0613 e. The van der Waals surface area contributed by atoms with Crippen molar-refractivity contribution >= 4 is 38.5 Å². The number of rotatable bonds is 0. The van der Waals surface area contributed by atoms with Crippen LogP contribution in [-0.2, 0) is 0 Å². The highest BCUT2D eigenvalue weighted by Gasteiger charge is 1.85. The van der Waals surface area contributed by atoms with Gasteiger partial charge >= 0.3 is 0 Å². The Balaban J connectivity index is 2.82. The van der Waals surface area contributed by atoms with Gasteiger partial charge in [0.1, 0.15) is 0 Å². The van der Waals surface area contributed by atoms with Crippen LogP contribution in [0.1, 0.15) is 5.56 Å². The minimum atomic E-state index is 0.883.